The third kappa shape index (κ3) is 2.35. The number of β-lactam (4-membered cyclic amide) rings is 1. The molecule has 25 heavy (non-hydrogen) atoms. The minimum atomic E-state index is -1.11. The van der Waals surface area contributed by atoms with Gasteiger partial charge in [0.25, 0.3) is 0 Å². The molecule has 1 saturated heterocycles. The first-order valence-corrected chi connectivity index (χ1v) is 9.04. The summed E-state index contributed by atoms with van der Waals surface area (Å²) in [5.74, 6) is -0.154. The highest BCUT2D eigenvalue weighted by atomic mass is 32.2. The molecule has 3 N–H and O–H groups in total. The first-order chi connectivity index (χ1) is 12.0. The van der Waals surface area contributed by atoms with Gasteiger partial charge in [-0.25, -0.2) is 4.79 Å². The smallest absolute Gasteiger partial charge is 0.352 e. The molecule has 9 nitrogen and oxygen atoms in total. The van der Waals surface area contributed by atoms with Gasteiger partial charge < -0.3 is 10.8 Å². The van der Waals surface area contributed by atoms with Crippen LogP contribution in [0.15, 0.2) is 23.5 Å². The van der Waals surface area contributed by atoms with Gasteiger partial charge in [-0.1, -0.05) is 0 Å². The minimum absolute atomic E-state index is 0.0431. The number of carboxylic acid groups (broad SMARTS) is 1. The van der Waals surface area contributed by atoms with Crippen LogP contribution in [0.2, 0.25) is 0 Å². The van der Waals surface area contributed by atoms with Crippen molar-refractivity contribution in [2.45, 2.75) is 30.9 Å². The highest BCUT2D eigenvalue weighted by molar-refractivity contribution is 8.00. The van der Waals surface area contributed by atoms with Crippen LogP contribution in [0, 0.1) is 0 Å². The van der Waals surface area contributed by atoms with Crippen LogP contribution in [0.4, 0.5) is 5.82 Å². The van der Waals surface area contributed by atoms with E-state index in [2.05, 4.69) is 0 Å². The molecule has 4 heterocycles. The molecule has 1 fully saturated rings. The zero-order valence-corrected chi connectivity index (χ0v) is 14.2. The fraction of sp³-hybridized carbons (Fsp3) is 0.467. The average Bonchev–Trinajstić information content (AvgIpc) is 3.03. The molecule has 0 radical (unpaired) electrons. The summed E-state index contributed by atoms with van der Waals surface area (Å²) in [7, 11) is 0. The van der Waals surface area contributed by atoms with Crippen molar-refractivity contribution in [2.24, 2.45) is 5.73 Å². The second-order valence-corrected chi connectivity index (χ2v) is 7.34. The van der Waals surface area contributed by atoms with Crippen LogP contribution in [0.3, 0.4) is 0 Å². The van der Waals surface area contributed by atoms with Crippen LogP contribution in [0.5, 0.6) is 0 Å². The van der Waals surface area contributed by atoms with Gasteiger partial charge in [-0.3, -0.25) is 19.4 Å². The molecule has 0 bridgehead atoms. The van der Waals surface area contributed by atoms with Crippen molar-refractivity contribution < 1.29 is 24.2 Å². The number of carboxylic acids is 1. The van der Waals surface area contributed by atoms with Gasteiger partial charge in [0.1, 0.15) is 17.1 Å². The van der Waals surface area contributed by atoms with Crippen molar-refractivity contribution in [1.82, 2.24) is 9.58 Å². The molecule has 0 aromatic carbocycles. The number of anilines is 1. The van der Waals surface area contributed by atoms with E-state index in [4.69, 9.17) is 5.73 Å². The largest absolute Gasteiger partial charge is 0.477 e. The van der Waals surface area contributed by atoms with E-state index in [9.17, 15) is 19.5 Å². The molecule has 3 aliphatic rings. The number of hydrogen-bond acceptors (Lipinski definition) is 5. The number of nitrogens with two attached hydrogens (primary N) is 1. The van der Waals surface area contributed by atoms with Crippen LogP contribution >= 0.6 is 11.8 Å². The summed E-state index contributed by atoms with van der Waals surface area (Å²) in [6.07, 6.45) is 3.48. The summed E-state index contributed by atoms with van der Waals surface area (Å²) in [5.41, 5.74) is 6.48. The number of carbonyl (C=O) groups excluding carboxylic acids is 2. The monoisotopic (exact) mass is 364 g/mol. The highest BCUT2D eigenvalue weighted by Gasteiger charge is 2.52. The van der Waals surface area contributed by atoms with E-state index in [0.717, 1.165) is 25.2 Å². The molecule has 4 rings (SSSR count). The number of fused-ring (bicyclic) bond motifs is 2. The Hall–Kier alpha value is -2.33. The van der Waals surface area contributed by atoms with Crippen LogP contribution in [0.25, 0.3) is 0 Å². The molecular formula is C15H18N5O4S+. The third-order valence-corrected chi connectivity index (χ3v) is 6.17. The Balaban J connectivity index is 1.68. The third-order valence-electron chi connectivity index (χ3n) is 4.80. The molecule has 2 amide bonds. The number of aromatic nitrogens is 2. The maximum absolute atomic E-state index is 12.0. The molecule has 10 heteroatoms. The van der Waals surface area contributed by atoms with E-state index in [-0.39, 0.29) is 17.0 Å². The zero-order chi connectivity index (χ0) is 17.7. The molecule has 2 atom stereocenters. The Morgan fingerprint density at radius 3 is 3.00 bits per heavy atom. The van der Waals surface area contributed by atoms with Gasteiger partial charge in [-0.2, -0.15) is 0 Å². The molecular weight excluding hydrogens is 346 g/mol. The van der Waals surface area contributed by atoms with E-state index < -0.39 is 12.0 Å². The average molecular weight is 364 g/mol. The van der Waals surface area contributed by atoms with Crippen LogP contribution in [0.1, 0.15) is 6.42 Å². The Morgan fingerprint density at radius 1 is 1.48 bits per heavy atom. The van der Waals surface area contributed by atoms with Gasteiger partial charge in [0.2, 0.25) is 12.3 Å². The molecule has 1 aromatic rings. The summed E-state index contributed by atoms with van der Waals surface area (Å²) in [6.45, 7) is 1.78. The fourth-order valence-corrected chi connectivity index (χ4v) is 4.87. The first kappa shape index (κ1) is 16.2. The van der Waals surface area contributed by atoms with Gasteiger partial charge in [0, 0.05) is 17.9 Å². The van der Waals surface area contributed by atoms with E-state index in [1.54, 1.807) is 4.90 Å². The molecule has 3 aliphatic heterocycles. The van der Waals surface area contributed by atoms with Gasteiger partial charge in [0.05, 0.1) is 12.6 Å². The highest BCUT2D eigenvalue weighted by Crippen LogP contribution is 2.39. The number of hydrogen-bond donors (Lipinski definition) is 2. The Kier molecular flexibility index (Phi) is 3.80. The normalized spacial score (nSPS) is 25.4. The van der Waals surface area contributed by atoms with Crippen LogP contribution < -0.4 is 15.3 Å². The zero-order valence-electron chi connectivity index (χ0n) is 13.4. The fourth-order valence-electron chi connectivity index (χ4n) is 3.59. The second-order valence-electron chi connectivity index (χ2n) is 6.24. The lowest BCUT2D eigenvalue weighted by atomic mass is 10.0. The summed E-state index contributed by atoms with van der Waals surface area (Å²) >= 11 is 1.49. The van der Waals surface area contributed by atoms with Crippen molar-refractivity contribution in [2.75, 3.05) is 17.2 Å². The van der Waals surface area contributed by atoms with Crippen LogP contribution in [-0.4, -0.2) is 56.7 Å². The van der Waals surface area contributed by atoms with Crippen LogP contribution in [-0.2, 0) is 27.5 Å². The maximum Gasteiger partial charge on any atom is 0.352 e. The molecule has 0 saturated carbocycles. The lowest BCUT2D eigenvalue weighted by Crippen LogP contribution is -2.68. The van der Waals surface area contributed by atoms with Gasteiger partial charge in [-0.15, -0.1) is 21.1 Å². The molecule has 132 valence electrons. The topological polar surface area (TPSA) is 113 Å². The van der Waals surface area contributed by atoms with E-state index in [1.807, 2.05) is 21.6 Å². The van der Waals surface area contributed by atoms with Crippen molar-refractivity contribution in [1.29, 1.82) is 0 Å². The van der Waals surface area contributed by atoms with E-state index >= 15 is 0 Å². The summed E-state index contributed by atoms with van der Waals surface area (Å²) in [4.78, 5) is 37.9. The Bertz CT molecular complexity index is 804. The molecule has 1 aromatic heterocycles. The lowest BCUT2D eigenvalue weighted by Gasteiger charge is -2.47. The number of thioether (sulfide) groups is 1. The van der Waals surface area contributed by atoms with Gasteiger partial charge in [0.15, 0.2) is 18.6 Å². The van der Waals surface area contributed by atoms with Gasteiger partial charge >= 0.3 is 5.97 Å². The first-order valence-electron chi connectivity index (χ1n) is 7.99. The number of aliphatic carboxylic acids is 1. The maximum atomic E-state index is 12.0. The predicted molar refractivity (Wildman–Crippen MR) is 88.4 cm³/mol. The summed E-state index contributed by atoms with van der Waals surface area (Å²) in [5, 5.41) is 9.32. The lowest BCUT2D eigenvalue weighted by molar-refractivity contribution is -0.768. The summed E-state index contributed by atoms with van der Waals surface area (Å²) in [6, 6.07) is 1.22. The van der Waals surface area contributed by atoms with Crippen molar-refractivity contribution >= 4 is 35.9 Å². The minimum Gasteiger partial charge on any atom is -0.477 e. The Labute approximate surface area is 147 Å². The van der Waals surface area contributed by atoms with Crippen molar-refractivity contribution in [3.8, 4) is 0 Å². The molecule has 0 unspecified atom stereocenters. The number of rotatable bonds is 4. The Morgan fingerprint density at radius 2 is 2.28 bits per heavy atom. The quantitative estimate of drug-likeness (QED) is 0.391. The number of amides is 2. The predicted octanol–water partition coefficient (Wildman–Crippen LogP) is -1.28. The SMILES string of the molecule is N[C@@H]1C(=O)N2C(C(=O)O)=C(C[n+]3ccc4n3CCCN4C=O)CS[C@H]12. The van der Waals surface area contributed by atoms with Crippen molar-refractivity contribution in [3.05, 3.63) is 23.5 Å². The number of carbonyl (C=O) groups is 3. The van der Waals surface area contributed by atoms with E-state index in [0.29, 0.717) is 24.4 Å². The van der Waals surface area contributed by atoms with E-state index in [1.165, 1.54) is 16.7 Å². The molecule has 0 spiro atoms. The second kappa shape index (κ2) is 5.88. The summed E-state index contributed by atoms with van der Waals surface area (Å²) < 4.78 is 3.86. The standard InChI is InChI=1S/C15H17N5O4S/c16-11-13(22)20-12(15(23)24)9(7-25-14(11)20)6-18-5-2-10-17(8-21)3-1-4-19(10)18/h2,5,8,11,14H,1,3-4,6-7,16H2/p+1/t11-,14-/m1/s1. The van der Waals surface area contributed by atoms with Gasteiger partial charge in [-0.05, 0) is 6.42 Å². The van der Waals surface area contributed by atoms with Crippen molar-refractivity contribution in [3.63, 3.8) is 0 Å². The number of nitrogens with zero attached hydrogens (tertiary/aromatic N) is 4. The molecule has 0 aliphatic carbocycles.